The van der Waals surface area contributed by atoms with Crippen LogP contribution in [0.15, 0.2) is 17.2 Å². The second kappa shape index (κ2) is 5.09. The van der Waals surface area contributed by atoms with Gasteiger partial charge in [0.05, 0.1) is 6.33 Å². The van der Waals surface area contributed by atoms with Crippen molar-refractivity contribution in [3.05, 3.63) is 22.7 Å². The van der Waals surface area contributed by atoms with Crippen molar-refractivity contribution in [3.63, 3.8) is 0 Å². The van der Waals surface area contributed by atoms with Gasteiger partial charge < -0.3 is 15.6 Å². The first-order valence-corrected chi connectivity index (χ1v) is 5.51. The van der Waals surface area contributed by atoms with Crippen molar-refractivity contribution in [2.24, 2.45) is 5.73 Å². The molecule has 1 saturated heterocycles. The lowest BCUT2D eigenvalue weighted by Gasteiger charge is -2.34. The standard InChI is InChI=1S/C10H17N5O/c11-1-2-14-3-5-15(6-4-14)9-7-10(16)13-8-12-9/h7-8H,1-6,11H2,(H,12,13,16). The SMILES string of the molecule is NCCN1CCN(c2cc(=O)[nH]cn2)CC1. The first-order valence-electron chi connectivity index (χ1n) is 5.51. The van der Waals surface area contributed by atoms with Crippen LogP contribution in [0.5, 0.6) is 0 Å². The third-order valence-corrected chi connectivity index (χ3v) is 2.81. The Labute approximate surface area is 94.1 Å². The lowest BCUT2D eigenvalue weighted by atomic mass is 10.3. The van der Waals surface area contributed by atoms with Gasteiger partial charge in [0.15, 0.2) is 0 Å². The summed E-state index contributed by atoms with van der Waals surface area (Å²) < 4.78 is 0. The molecule has 0 aliphatic carbocycles. The predicted molar refractivity (Wildman–Crippen MR) is 62.6 cm³/mol. The summed E-state index contributed by atoms with van der Waals surface area (Å²) in [6.07, 6.45) is 1.45. The van der Waals surface area contributed by atoms with Gasteiger partial charge in [-0.25, -0.2) is 4.98 Å². The molecule has 6 nitrogen and oxygen atoms in total. The monoisotopic (exact) mass is 223 g/mol. The normalized spacial score (nSPS) is 17.7. The van der Waals surface area contributed by atoms with Crippen LogP contribution in [0.4, 0.5) is 5.82 Å². The number of hydrogen-bond acceptors (Lipinski definition) is 5. The summed E-state index contributed by atoms with van der Waals surface area (Å²) in [6.45, 7) is 5.39. The lowest BCUT2D eigenvalue weighted by Crippen LogP contribution is -2.48. The number of aromatic nitrogens is 2. The Morgan fingerprint density at radius 2 is 2.12 bits per heavy atom. The van der Waals surface area contributed by atoms with Crippen LogP contribution in [0, 0.1) is 0 Å². The van der Waals surface area contributed by atoms with Crippen LogP contribution in [-0.2, 0) is 0 Å². The van der Waals surface area contributed by atoms with Crippen molar-refractivity contribution in [2.75, 3.05) is 44.2 Å². The predicted octanol–water partition coefficient (Wildman–Crippen LogP) is -1.15. The maximum Gasteiger partial charge on any atom is 0.252 e. The van der Waals surface area contributed by atoms with Gasteiger partial charge in [-0.05, 0) is 0 Å². The summed E-state index contributed by atoms with van der Waals surface area (Å²) in [5.41, 5.74) is 5.41. The van der Waals surface area contributed by atoms with Crippen molar-refractivity contribution in [2.45, 2.75) is 0 Å². The molecule has 0 atom stereocenters. The fraction of sp³-hybridized carbons (Fsp3) is 0.600. The van der Waals surface area contributed by atoms with E-state index < -0.39 is 0 Å². The first kappa shape index (κ1) is 11.1. The van der Waals surface area contributed by atoms with E-state index >= 15 is 0 Å². The molecule has 1 aliphatic rings. The highest BCUT2D eigenvalue weighted by Gasteiger charge is 2.17. The summed E-state index contributed by atoms with van der Waals surface area (Å²) in [5.74, 6) is 0.760. The Kier molecular flexibility index (Phi) is 3.53. The molecule has 0 amide bonds. The van der Waals surface area contributed by atoms with E-state index in [-0.39, 0.29) is 5.56 Å². The Morgan fingerprint density at radius 3 is 2.75 bits per heavy atom. The molecule has 0 bridgehead atoms. The van der Waals surface area contributed by atoms with E-state index in [1.54, 1.807) is 6.07 Å². The Morgan fingerprint density at radius 1 is 1.38 bits per heavy atom. The minimum Gasteiger partial charge on any atom is -0.354 e. The number of rotatable bonds is 3. The minimum absolute atomic E-state index is 0.102. The van der Waals surface area contributed by atoms with Crippen LogP contribution in [0.25, 0.3) is 0 Å². The third-order valence-electron chi connectivity index (χ3n) is 2.81. The van der Waals surface area contributed by atoms with Gasteiger partial charge in [-0.3, -0.25) is 9.69 Å². The first-order chi connectivity index (χ1) is 7.79. The van der Waals surface area contributed by atoms with Crippen LogP contribution in [0.2, 0.25) is 0 Å². The van der Waals surface area contributed by atoms with Gasteiger partial charge in [-0.2, -0.15) is 0 Å². The average Bonchev–Trinajstić information content (AvgIpc) is 2.30. The molecule has 0 aromatic carbocycles. The smallest absolute Gasteiger partial charge is 0.252 e. The van der Waals surface area contributed by atoms with Crippen LogP contribution >= 0.6 is 0 Å². The third kappa shape index (κ3) is 2.59. The fourth-order valence-corrected chi connectivity index (χ4v) is 1.91. The molecular weight excluding hydrogens is 206 g/mol. The highest BCUT2D eigenvalue weighted by atomic mass is 16.1. The summed E-state index contributed by atoms with van der Waals surface area (Å²) in [5, 5.41) is 0. The quantitative estimate of drug-likeness (QED) is 0.676. The van der Waals surface area contributed by atoms with Crippen LogP contribution < -0.4 is 16.2 Å². The molecule has 0 spiro atoms. The molecule has 0 saturated carbocycles. The van der Waals surface area contributed by atoms with E-state index in [2.05, 4.69) is 19.8 Å². The fourth-order valence-electron chi connectivity index (χ4n) is 1.91. The minimum atomic E-state index is -0.102. The molecule has 88 valence electrons. The molecule has 1 fully saturated rings. The maximum absolute atomic E-state index is 11.2. The molecule has 16 heavy (non-hydrogen) atoms. The highest BCUT2D eigenvalue weighted by molar-refractivity contribution is 5.36. The van der Waals surface area contributed by atoms with Gasteiger partial charge in [-0.1, -0.05) is 0 Å². The van der Waals surface area contributed by atoms with Crippen molar-refractivity contribution in [1.29, 1.82) is 0 Å². The van der Waals surface area contributed by atoms with Crippen LogP contribution in [0.3, 0.4) is 0 Å². The molecule has 1 aromatic rings. The average molecular weight is 223 g/mol. The van der Waals surface area contributed by atoms with Crippen LogP contribution in [0.1, 0.15) is 0 Å². The van der Waals surface area contributed by atoms with E-state index in [4.69, 9.17) is 5.73 Å². The van der Waals surface area contributed by atoms with E-state index in [9.17, 15) is 4.79 Å². The maximum atomic E-state index is 11.2. The Hall–Kier alpha value is -1.40. The zero-order valence-corrected chi connectivity index (χ0v) is 9.22. The molecule has 2 heterocycles. The molecule has 2 rings (SSSR count). The zero-order valence-electron chi connectivity index (χ0n) is 9.22. The number of aromatic amines is 1. The van der Waals surface area contributed by atoms with Crippen LogP contribution in [-0.4, -0.2) is 54.1 Å². The molecule has 0 radical (unpaired) electrons. The van der Waals surface area contributed by atoms with Crippen molar-refractivity contribution in [1.82, 2.24) is 14.9 Å². The summed E-state index contributed by atoms with van der Waals surface area (Å²) in [7, 11) is 0. The van der Waals surface area contributed by atoms with E-state index in [1.807, 2.05) is 0 Å². The summed E-state index contributed by atoms with van der Waals surface area (Å²) in [6, 6.07) is 1.54. The second-order valence-corrected chi connectivity index (χ2v) is 3.89. The molecule has 0 unspecified atom stereocenters. The number of nitrogens with one attached hydrogen (secondary N) is 1. The van der Waals surface area contributed by atoms with E-state index in [0.717, 1.165) is 38.5 Å². The molecule has 6 heteroatoms. The van der Waals surface area contributed by atoms with E-state index in [0.29, 0.717) is 6.54 Å². The van der Waals surface area contributed by atoms with Crippen molar-refractivity contribution < 1.29 is 0 Å². The Bertz CT molecular complexity index is 383. The number of anilines is 1. The number of H-pyrrole nitrogens is 1. The Balaban J connectivity index is 1.96. The summed E-state index contributed by atoms with van der Waals surface area (Å²) in [4.78, 5) is 22.3. The largest absolute Gasteiger partial charge is 0.354 e. The van der Waals surface area contributed by atoms with Crippen molar-refractivity contribution >= 4 is 5.82 Å². The molecule has 3 N–H and O–H groups in total. The van der Waals surface area contributed by atoms with E-state index in [1.165, 1.54) is 6.33 Å². The van der Waals surface area contributed by atoms with Gasteiger partial charge in [0.1, 0.15) is 5.82 Å². The molecule has 1 aliphatic heterocycles. The number of piperazine rings is 1. The number of nitrogens with zero attached hydrogens (tertiary/aromatic N) is 3. The number of nitrogens with two attached hydrogens (primary N) is 1. The molecule has 1 aromatic heterocycles. The van der Waals surface area contributed by atoms with Gasteiger partial charge in [-0.15, -0.1) is 0 Å². The summed E-state index contributed by atoms with van der Waals surface area (Å²) >= 11 is 0. The van der Waals surface area contributed by atoms with Gasteiger partial charge >= 0.3 is 0 Å². The van der Waals surface area contributed by atoms with Gasteiger partial charge in [0.2, 0.25) is 0 Å². The topological polar surface area (TPSA) is 78.2 Å². The lowest BCUT2D eigenvalue weighted by molar-refractivity contribution is 0.264. The highest BCUT2D eigenvalue weighted by Crippen LogP contribution is 2.09. The van der Waals surface area contributed by atoms with Crippen molar-refractivity contribution in [3.8, 4) is 0 Å². The number of hydrogen-bond donors (Lipinski definition) is 2. The zero-order chi connectivity index (χ0) is 11.4. The second-order valence-electron chi connectivity index (χ2n) is 3.89. The van der Waals surface area contributed by atoms with Gasteiger partial charge in [0.25, 0.3) is 5.56 Å². The van der Waals surface area contributed by atoms with Gasteiger partial charge in [0, 0.05) is 45.3 Å². The molecular formula is C10H17N5O.